The lowest BCUT2D eigenvalue weighted by Gasteiger charge is -2.55. The lowest BCUT2D eigenvalue weighted by atomic mass is 9.74. The van der Waals surface area contributed by atoms with Crippen LogP contribution in [-0.4, -0.2) is 46.6 Å². The molecule has 0 radical (unpaired) electrons. The second kappa shape index (κ2) is 8.12. The van der Waals surface area contributed by atoms with Gasteiger partial charge in [-0.05, 0) is 41.8 Å². The molecule has 2 aliphatic rings. The highest BCUT2D eigenvalue weighted by molar-refractivity contribution is 6.74. The lowest BCUT2D eigenvalue weighted by Crippen LogP contribution is -2.69. The Labute approximate surface area is 186 Å². The van der Waals surface area contributed by atoms with Crippen LogP contribution in [0.25, 0.3) is 0 Å². The molecular weight excluding hydrogens is 406 g/mol. The van der Waals surface area contributed by atoms with E-state index in [9.17, 15) is 0 Å². The van der Waals surface area contributed by atoms with Gasteiger partial charge in [0.1, 0.15) is 0 Å². The van der Waals surface area contributed by atoms with E-state index in [0.717, 1.165) is 13.2 Å². The highest BCUT2D eigenvalue weighted by atomic mass is 28.4. The SMILES string of the molecule is CC(C)(C)[Si](C)(C)O[C@@H]1[C@@H](O[Si](C)(C)C(C)(C)C)[C@H]2CON(Cc3ccccc3)[C@H]21. The zero-order valence-electron chi connectivity index (χ0n) is 20.8. The first-order chi connectivity index (χ1) is 13.6. The fourth-order valence-electron chi connectivity index (χ4n) is 3.81. The number of hydrogen-bond acceptors (Lipinski definition) is 4. The van der Waals surface area contributed by atoms with Crippen molar-refractivity contribution in [3.05, 3.63) is 35.9 Å². The summed E-state index contributed by atoms with van der Waals surface area (Å²) in [6, 6.07) is 10.9. The van der Waals surface area contributed by atoms with Gasteiger partial charge in [-0.2, -0.15) is 5.06 Å². The van der Waals surface area contributed by atoms with Gasteiger partial charge in [0.25, 0.3) is 0 Å². The molecule has 170 valence electrons. The van der Waals surface area contributed by atoms with Crippen LogP contribution in [0.5, 0.6) is 0 Å². The molecule has 2 fully saturated rings. The number of benzene rings is 1. The molecule has 4 atom stereocenters. The van der Waals surface area contributed by atoms with Gasteiger partial charge in [0.05, 0.1) is 24.9 Å². The lowest BCUT2D eigenvalue weighted by molar-refractivity contribution is -0.186. The maximum absolute atomic E-state index is 7.01. The summed E-state index contributed by atoms with van der Waals surface area (Å²) in [4.78, 5) is 6.21. The molecule has 1 aromatic carbocycles. The summed E-state index contributed by atoms with van der Waals surface area (Å²) in [6.45, 7) is 24.8. The van der Waals surface area contributed by atoms with Crippen LogP contribution in [0, 0.1) is 5.92 Å². The number of nitrogens with zero attached hydrogens (tertiary/aromatic N) is 1. The van der Waals surface area contributed by atoms with Crippen LogP contribution in [0.15, 0.2) is 30.3 Å². The van der Waals surface area contributed by atoms with E-state index in [2.05, 4.69) is 103 Å². The molecule has 6 heteroatoms. The van der Waals surface area contributed by atoms with Crippen LogP contribution in [0.4, 0.5) is 0 Å². The maximum atomic E-state index is 7.01. The van der Waals surface area contributed by atoms with Crippen LogP contribution in [0.1, 0.15) is 47.1 Å². The Morgan fingerprint density at radius 3 is 1.87 bits per heavy atom. The molecule has 1 saturated heterocycles. The summed E-state index contributed by atoms with van der Waals surface area (Å²) < 4.78 is 14.0. The largest absolute Gasteiger partial charge is 0.411 e. The molecule has 3 rings (SSSR count). The van der Waals surface area contributed by atoms with Crippen LogP contribution >= 0.6 is 0 Å². The van der Waals surface area contributed by atoms with Gasteiger partial charge < -0.3 is 8.85 Å². The van der Waals surface area contributed by atoms with E-state index in [1.165, 1.54) is 5.56 Å². The van der Waals surface area contributed by atoms with Crippen molar-refractivity contribution in [2.24, 2.45) is 5.92 Å². The van der Waals surface area contributed by atoms with Gasteiger partial charge in [-0.25, -0.2) is 0 Å². The Kier molecular flexibility index (Phi) is 6.54. The highest BCUT2D eigenvalue weighted by Crippen LogP contribution is 2.50. The quantitative estimate of drug-likeness (QED) is 0.483. The molecule has 0 amide bonds. The minimum atomic E-state index is -1.93. The van der Waals surface area contributed by atoms with E-state index >= 15 is 0 Å². The standard InChI is InChI=1S/C24H43NO3Si2/c1-23(2,3)29(7,8)27-21-19-17-26-25(16-18-14-12-11-13-15-18)20(19)22(21)28-30(9,10)24(4,5)6/h11-15,19-22H,16-17H2,1-10H3/t19-,20+,21-,22-/m0/s1. The van der Waals surface area contributed by atoms with Crippen LogP contribution in [0.2, 0.25) is 36.3 Å². The molecule has 0 bridgehead atoms. The molecular formula is C24H43NO3Si2. The van der Waals surface area contributed by atoms with E-state index in [-0.39, 0.29) is 28.3 Å². The van der Waals surface area contributed by atoms with Gasteiger partial charge in [0.15, 0.2) is 16.6 Å². The van der Waals surface area contributed by atoms with Gasteiger partial charge in [0, 0.05) is 12.5 Å². The third-order valence-electron chi connectivity index (χ3n) is 7.94. The predicted octanol–water partition coefficient (Wildman–Crippen LogP) is 6.21. The van der Waals surface area contributed by atoms with Gasteiger partial charge in [-0.3, -0.25) is 4.84 Å². The minimum Gasteiger partial charge on any atom is -0.411 e. The Morgan fingerprint density at radius 2 is 1.37 bits per heavy atom. The first kappa shape index (κ1) is 24.1. The van der Waals surface area contributed by atoms with Crippen molar-refractivity contribution in [2.75, 3.05) is 6.61 Å². The topological polar surface area (TPSA) is 30.9 Å². The van der Waals surface area contributed by atoms with Crippen molar-refractivity contribution in [1.29, 1.82) is 0 Å². The van der Waals surface area contributed by atoms with Gasteiger partial charge in [-0.15, -0.1) is 0 Å². The third-order valence-corrected chi connectivity index (χ3v) is 16.9. The summed E-state index contributed by atoms with van der Waals surface area (Å²) in [5.74, 6) is 0.387. The zero-order chi connectivity index (χ0) is 22.5. The van der Waals surface area contributed by atoms with E-state index in [4.69, 9.17) is 13.7 Å². The molecule has 0 N–H and O–H groups in total. The summed E-state index contributed by atoms with van der Waals surface area (Å²) in [6.07, 6.45) is 0.210. The summed E-state index contributed by atoms with van der Waals surface area (Å²) in [5, 5.41) is 2.52. The zero-order valence-corrected chi connectivity index (χ0v) is 22.8. The number of hydroxylamine groups is 2. The van der Waals surface area contributed by atoms with E-state index in [1.807, 2.05) is 0 Å². The van der Waals surface area contributed by atoms with E-state index in [1.54, 1.807) is 0 Å². The Balaban J connectivity index is 1.83. The minimum absolute atomic E-state index is 0.0798. The number of rotatable bonds is 6. The first-order valence-electron chi connectivity index (χ1n) is 11.4. The van der Waals surface area contributed by atoms with Crippen molar-refractivity contribution in [1.82, 2.24) is 5.06 Å². The molecule has 0 spiro atoms. The van der Waals surface area contributed by atoms with Gasteiger partial charge in [0.2, 0.25) is 0 Å². The predicted molar refractivity (Wildman–Crippen MR) is 129 cm³/mol. The summed E-state index contributed by atoms with van der Waals surface area (Å²) in [7, 11) is -3.82. The highest BCUT2D eigenvalue weighted by Gasteiger charge is 2.62. The Morgan fingerprint density at radius 1 is 0.867 bits per heavy atom. The Hall–Kier alpha value is -0.506. The number of fused-ring (bicyclic) bond motifs is 1. The average molecular weight is 450 g/mol. The van der Waals surface area contributed by atoms with Crippen molar-refractivity contribution in [3.63, 3.8) is 0 Å². The van der Waals surface area contributed by atoms with Crippen LogP contribution in [-0.2, 0) is 20.2 Å². The average Bonchev–Trinajstić information content (AvgIpc) is 2.96. The van der Waals surface area contributed by atoms with E-state index in [0.29, 0.717) is 5.92 Å². The second-order valence-electron chi connectivity index (χ2n) is 12.2. The van der Waals surface area contributed by atoms with Crippen molar-refractivity contribution in [3.8, 4) is 0 Å². The second-order valence-corrected chi connectivity index (χ2v) is 21.7. The van der Waals surface area contributed by atoms with E-state index < -0.39 is 16.6 Å². The molecule has 0 aromatic heterocycles. The maximum Gasteiger partial charge on any atom is 0.192 e. The molecule has 0 unspecified atom stereocenters. The van der Waals surface area contributed by atoms with Crippen molar-refractivity contribution < 1.29 is 13.7 Å². The normalized spacial score (nSPS) is 28.3. The van der Waals surface area contributed by atoms with Gasteiger partial charge >= 0.3 is 0 Å². The van der Waals surface area contributed by atoms with Crippen molar-refractivity contribution >= 4 is 16.6 Å². The molecule has 4 nitrogen and oxygen atoms in total. The first-order valence-corrected chi connectivity index (χ1v) is 17.2. The number of hydrogen-bond donors (Lipinski definition) is 0. The molecule has 1 aliphatic heterocycles. The van der Waals surface area contributed by atoms with Crippen molar-refractivity contribution in [2.45, 2.75) is 103 Å². The molecule has 1 heterocycles. The fourth-order valence-corrected chi connectivity index (χ4v) is 6.46. The third kappa shape index (κ3) is 4.64. The molecule has 1 aliphatic carbocycles. The smallest absolute Gasteiger partial charge is 0.192 e. The fraction of sp³-hybridized carbons (Fsp3) is 0.750. The van der Waals surface area contributed by atoms with Crippen LogP contribution < -0.4 is 0 Å². The summed E-state index contributed by atoms with van der Waals surface area (Å²) >= 11 is 0. The molecule has 30 heavy (non-hydrogen) atoms. The molecule has 1 aromatic rings. The monoisotopic (exact) mass is 449 g/mol. The van der Waals surface area contributed by atoms with Crippen LogP contribution in [0.3, 0.4) is 0 Å². The molecule has 1 saturated carbocycles. The Bertz CT molecular complexity index is 724. The summed E-state index contributed by atoms with van der Waals surface area (Å²) in [5.41, 5.74) is 1.28. The van der Waals surface area contributed by atoms with Gasteiger partial charge in [-0.1, -0.05) is 71.9 Å².